The standard InChI is InChI=1S/C17H14FNO4/c1-10-7-15(20)13-8-11(18)3-5-14(13)19(10)9-12-4-6-16(23-12)17(21)22-2/h3-8H,9H2,1-2H3. The maximum Gasteiger partial charge on any atom is 0.373 e. The smallest absolute Gasteiger partial charge is 0.373 e. The molecule has 0 saturated carbocycles. The quantitative estimate of drug-likeness (QED) is 0.697. The van der Waals surface area contributed by atoms with E-state index in [1.807, 2.05) is 4.57 Å². The zero-order valence-corrected chi connectivity index (χ0v) is 12.6. The average Bonchev–Trinajstić information content (AvgIpc) is 2.99. The largest absolute Gasteiger partial charge is 0.463 e. The van der Waals surface area contributed by atoms with Gasteiger partial charge in [-0.2, -0.15) is 0 Å². The van der Waals surface area contributed by atoms with Crippen LogP contribution in [-0.4, -0.2) is 17.6 Å². The molecule has 5 nitrogen and oxygen atoms in total. The molecular formula is C17H14FNO4. The Morgan fingerprint density at radius 1 is 1.26 bits per heavy atom. The third-order valence-corrected chi connectivity index (χ3v) is 3.64. The lowest BCUT2D eigenvalue weighted by Crippen LogP contribution is -2.13. The molecule has 0 unspecified atom stereocenters. The molecular weight excluding hydrogens is 301 g/mol. The molecule has 1 aromatic carbocycles. The Kier molecular flexibility index (Phi) is 3.73. The zero-order chi connectivity index (χ0) is 16.6. The Morgan fingerprint density at radius 3 is 2.78 bits per heavy atom. The summed E-state index contributed by atoms with van der Waals surface area (Å²) < 4.78 is 25.3. The second-order valence-electron chi connectivity index (χ2n) is 5.16. The molecule has 0 amide bonds. The van der Waals surface area contributed by atoms with E-state index in [1.54, 1.807) is 19.1 Å². The number of aryl methyl sites for hydroxylation is 1. The topological polar surface area (TPSA) is 61.4 Å². The maximum atomic E-state index is 13.4. The predicted octanol–water partition coefficient (Wildman–Crippen LogP) is 2.88. The number of aromatic nitrogens is 1. The number of halogens is 1. The highest BCUT2D eigenvalue weighted by Gasteiger charge is 2.13. The lowest BCUT2D eigenvalue weighted by atomic mass is 10.1. The van der Waals surface area contributed by atoms with E-state index < -0.39 is 11.8 Å². The Bertz CT molecular complexity index is 955. The van der Waals surface area contributed by atoms with Gasteiger partial charge in [-0.1, -0.05) is 0 Å². The number of esters is 1. The molecule has 0 saturated heterocycles. The monoisotopic (exact) mass is 315 g/mol. The predicted molar refractivity (Wildman–Crippen MR) is 82.1 cm³/mol. The van der Waals surface area contributed by atoms with Crippen LogP contribution in [0.1, 0.15) is 22.0 Å². The van der Waals surface area contributed by atoms with Gasteiger partial charge in [-0.25, -0.2) is 9.18 Å². The number of methoxy groups -OCH3 is 1. The van der Waals surface area contributed by atoms with E-state index in [-0.39, 0.29) is 11.2 Å². The minimum absolute atomic E-state index is 0.108. The molecule has 0 spiro atoms. The molecule has 0 bridgehead atoms. The lowest BCUT2D eigenvalue weighted by Gasteiger charge is -2.13. The van der Waals surface area contributed by atoms with Gasteiger partial charge in [0.25, 0.3) is 0 Å². The van der Waals surface area contributed by atoms with Gasteiger partial charge in [0.1, 0.15) is 11.6 Å². The van der Waals surface area contributed by atoms with Crippen molar-refractivity contribution in [2.24, 2.45) is 0 Å². The molecule has 23 heavy (non-hydrogen) atoms. The molecule has 0 aliphatic carbocycles. The van der Waals surface area contributed by atoms with E-state index in [9.17, 15) is 14.0 Å². The normalized spacial score (nSPS) is 10.9. The number of ether oxygens (including phenoxy) is 1. The molecule has 0 N–H and O–H groups in total. The molecule has 3 aromatic rings. The molecule has 0 fully saturated rings. The summed E-state index contributed by atoms with van der Waals surface area (Å²) in [5, 5.41) is 0.301. The van der Waals surface area contributed by atoms with Crippen LogP contribution in [0.25, 0.3) is 10.9 Å². The van der Waals surface area contributed by atoms with Crippen molar-refractivity contribution in [3.8, 4) is 0 Å². The van der Waals surface area contributed by atoms with Gasteiger partial charge in [0.2, 0.25) is 5.76 Å². The van der Waals surface area contributed by atoms with Gasteiger partial charge in [0, 0.05) is 17.1 Å². The number of pyridine rings is 1. The van der Waals surface area contributed by atoms with Crippen molar-refractivity contribution < 1.29 is 18.3 Å². The van der Waals surface area contributed by atoms with E-state index in [2.05, 4.69) is 4.74 Å². The van der Waals surface area contributed by atoms with Crippen molar-refractivity contribution in [3.05, 3.63) is 69.7 Å². The number of fused-ring (bicyclic) bond motifs is 1. The summed E-state index contributed by atoms with van der Waals surface area (Å²) in [6, 6.07) is 8.73. The Hall–Kier alpha value is -2.89. The van der Waals surface area contributed by atoms with Crippen LogP contribution < -0.4 is 5.43 Å². The zero-order valence-electron chi connectivity index (χ0n) is 12.6. The van der Waals surface area contributed by atoms with Gasteiger partial charge < -0.3 is 13.7 Å². The first-order chi connectivity index (χ1) is 11.0. The molecule has 118 valence electrons. The number of furan rings is 1. The molecule has 2 heterocycles. The Morgan fingerprint density at radius 2 is 2.04 bits per heavy atom. The summed E-state index contributed by atoms with van der Waals surface area (Å²) in [5.41, 5.74) is 1.08. The molecule has 0 aliphatic rings. The van der Waals surface area contributed by atoms with Crippen molar-refractivity contribution in [1.82, 2.24) is 4.57 Å². The summed E-state index contributed by atoms with van der Waals surface area (Å²) in [7, 11) is 1.28. The number of hydrogen-bond donors (Lipinski definition) is 0. The highest BCUT2D eigenvalue weighted by Crippen LogP contribution is 2.18. The van der Waals surface area contributed by atoms with Crippen LogP contribution in [0.3, 0.4) is 0 Å². The number of hydrogen-bond acceptors (Lipinski definition) is 4. The van der Waals surface area contributed by atoms with Gasteiger partial charge in [0.15, 0.2) is 5.43 Å². The minimum Gasteiger partial charge on any atom is -0.463 e. The van der Waals surface area contributed by atoms with Crippen LogP contribution in [0.5, 0.6) is 0 Å². The van der Waals surface area contributed by atoms with E-state index in [4.69, 9.17) is 4.42 Å². The second-order valence-corrected chi connectivity index (χ2v) is 5.16. The fraction of sp³-hybridized carbons (Fsp3) is 0.176. The Labute approximate surface area is 130 Å². The lowest BCUT2D eigenvalue weighted by molar-refractivity contribution is 0.0563. The van der Waals surface area contributed by atoms with Gasteiger partial charge in [-0.15, -0.1) is 0 Å². The van der Waals surface area contributed by atoms with E-state index in [1.165, 1.54) is 31.4 Å². The number of benzene rings is 1. The number of carbonyl (C=O) groups excluding carboxylic acids is 1. The first-order valence-corrected chi connectivity index (χ1v) is 6.96. The first-order valence-electron chi connectivity index (χ1n) is 6.96. The van der Waals surface area contributed by atoms with Gasteiger partial charge in [-0.05, 0) is 37.3 Å². The number of nitrogens with zero attached hydrogens (tertiary/aromatic N) is 1. The third kappa shape index (κ3) is 2.75. The first kappa shape index (κ1) is 15.0. The van der Waals surface area contributed by atoms with Crippen LogP contribution in [0.2, 0.25) is 0 Å². The van der Waals surface area contributed by atoms with Crippen molar-refractivity contribution >= 4 is 16.9 Å². The van der Waals surface area contributed by atoms with Crippen LogP contribution in [0.15, 0.2) is 45.6 Å². The van der Waals surface area contributed by atoms with Crippen LogP contribution in [0.4, 0.5) is 4.39 Å². The van der Waals surface area contributed by atoms with E-state index in [0.717, 1.165) is 0 Å². The highest BCUT2D eigenvalue weighted by molar-refractivity contribution is 5.86. The van der Waals surface area contributed by atoms with Crippen LogP contribution >= 0.6 is 0 Å². The van der Waals surface area contributed by atoms with E-state index >= 15 is 0 Å². The minimum atomic E-state index is -0.556. The van der Waals surface area contributed by atoms with Gasteiger partial charge in [0.05, 0.1) is 19.2 Å². The number of carbonyl (C=O) groups is 1. The molecule has 0 atom stereocenters. The van der Waals surface area contributed by atoms with E-state index in [0.29, 0.717) is 28.9 Å². The average molecular weight is 315 g/mol. The van der Waals surface area contributed by atoms with Crippen molar-refractivity contribution in [3.63, 3.8) is 0 Å². The fourth-order valence-electron chi connectivity index (χ4n) is 2.52. The van der Waals surface area contributed by atoms with Crippen LogP contribution in [-0.2, 0) is 11.3 Å². The highest BCUT2D eigenvalue weighted by atomic mass is 19.1. The van der Waals surface area contributed by atoms with Gasteiger partial charge >= 0.3 is 5.97 Å². The van der Waals surface area contributed by atoms with Crippen molar-refractivity contribution in [2.75, 3.05) is 7.11 Å². The number of rotatable bonds is 3. The summed E-state index contributed by atoms with van der Waals surface area (Å²) in [5.74, 6) is -0.380. The van der Waals surface area contributed by atoms with Crippen molar-refractivity contribution in [1.29, 1.82) is 0 Å². The summed E-state index contributed by atoms with van der Waals surface area (Å²) in [6.07, 6.45) is 0. The molecule has 2 aromatic heterocycles. The molecule has 6 heteroatoms. The van der Waals surface area contributed by atoms with Gasteiger partial charge in [-0.3, -0.25) is 4.79 Å². The second kappa shape index (κ2) is 5.72. The summed E-state index contributed by atoms with van der Waals surface area (Å²) in [6.45, 7) is 2.10. The summed E-state index contributed by atoms with van der Waals surface area (Å²) in [4.78, 5) is 23.5. The van der Waals surface area contributed by atoms with Crippen LogP contribution in [0, 0.1) is 12.7 Å². The fourth-order valence-corrected chi connectivity index (χ4v) is 2.52. The Balaban J connectivity index is 2.08. The molecule has 0 aliphatic heterocycles. The van der Waals surface area contributed by atoms with Crippen molar-refractivity contribution in [2.45, 2.75) is 13.5 Å². The third-order valence-electron chi connectivity index (χ3n) is 3.64. The summed E-state index contributed by atoms with van der Waals surface area (Å²) >= 11 is 0. The SMILES string of the molecule is COC(=O)c1ccc(Cn2c(C)cc(=O)c3cc(F)ccc32)o1. The molecule has 0 radical (unpaired) electrons. The maximum absolute atomic E-state index is 13.4. The molecule has 3 rings (SSSR count).